The van der Waals surface area contributed by atoms with E-state index in [0.717, 1.165) is 30.4 Å². The van der Waals surface area contributed by atoms with Gasteiger partial charge in [0.2, 0.25) is 0 Å². The van der Waals surface area contributed by atoms with Crippen LogP contribution in [0, 0.1) is 0 Å². The Balaban J connectivity index is 2.13. The van der Waals surface area contributed by atoms with Gasteiger partial charge in [0, 0.05) is 18.3 Å². The van der Waals surface area contributed by atoms with Crippen LogP contribution >= 0.6 is 0 Å². The van der Waals surface area contributed by atoms with Gasteiger partial charge in [-0.05, 0) is 32.4 Å². The Morgan fingerprint density at radius 2 is 2.05 bits per heavy atom. The second-order valence-electron chi connectivity index (χ2n) is 5.10. The van der Waals surface area contributed by atoms with Gasteiger partial charge in [0.1, 0.15) is 12.9 Å². The molecular weight excluding hydrogens is 276 g/mol. The molecule has 0 aliphatic heterocycles. The normalized spacial score (nSPS) is 13.0. The Morgan fingerprint density at radius 1 is 1.27 bits per heavy atom. The lowest BCUT2D eigenvalue weighted by Gasteiger charge is -2.16. The van der Waals surface area contributed by atoms with Crippen LogP contribution in [0.2, 0.25) is 0 Å². The van der Waals surface area contributed by atoms with Gasteiger partial charge in [0.15, 0.2) is 11.8 Å². The van der Waals surface area contributed by atoms with Gasteiger partial charge >= 0.3 is 0 Å². The summed E-state index contributed by atoms with van der Waals surface area (Å²) in [6, 6.07) is 10.4. The van der Waals surface area contributed by atoms with Crippen LogP contribution in [0.15, 0.2) is 41.7 Å². The number of hydrogen-bond donors (Lipinski definition) is 2. The quantitative estimate of drug-likeness (QED) is 0.633. The van der Waals surface area contributed by atoms with Crippen molar-refractivity contribution in [3.05, 3.63) is 42.5 Å². The van der Waals surface area contributed by atoms with Gasteiger partial charge in [-0.15, -0.1) is 10.2 Å². The molecule has 0 amide bonds. The van der Waals surface area contributed by atoms with E-state index in [9.17, 15) is 0 Å². The van der Waals surface area contributed by atoms with E-state index in [2.05, 4.69) is 46.6 Å². The van der Waals surface area contributed by atoms with Crippen molar-refractivity contribution >= 4 is 5.96 Å². The minimum absolute atomic E-state index is 0.379. The number of nitrogens with one attached hydrogen (secondary N) is 2. The van der Waals surface area contributed by atoms with Gasteiger partial charge in [-0.25, -0.2) is 4.99 Å². The van der Waals surface area contributed by atoms with Crippen molar-refractivity contribution < 1.29 is 0 Å². The van der Waals surface area contributed by atoms with Crippen LogP contribution in [-0.2, 0) is 6.54 Å². The average Bonchev–Trinajstić information content (AvgIpc) is 3.02. The summed E-state index contributed by atoms with van der Waals surface area (Å²) in [5.41, 5.74) is 1.04. The lowest BCUT2D eigenvalue weighted by molar-refractivity contribution is 0.623. The Hall–Kier alpha value is -2.37. The van der Waals surface area contributed by atoms with E-state index in [1.165, 1.54) is 0 Å². The van der Waals surface area contributed by atoms with Crippen molar-refractivity contribution in [3.8, 4) is 5.69 Å². The molecule has 6 heteroatoms. The predicted octanol–water partition coefficient (Wildman–Crippen LogP) is 2.12. The third-order valence-electron chi connectivity index (χ3n) is 3.37. The third kappa shape index (κ3) is 4.31. The first-order valence-electron chi connectivity index (χ1n) is 7.73. The number of benzene rings is 1. The number of para-hydroxylation sites is 1. The van der Waals surface area contributed by atoms with Gasteiger partial charge in [-0.2, -0.15) is 0 Å². The van der Waals surface area contributed by atoms with Crippen molar-refractivity contribution in [2.75, 3.05) is 6.54 Å². The predicted molar refractivity (Wildman–Crippen MR) is 89.1 cm³/mol. The molecule has 0 bridgehead atoms. The number of rotatable bonds is 6. The van der Waals surface area contributed by atoms with Gasteiger partial charge in [-0.1, -0.05) is 25.1 Å². The first kappa shape index (κ1) is 16.0. The van der Waals surface area contributed by atoms with Gasteiger partial charge in [0.25, 0.3) is 0 Å². The zero-order chi connectivity index (χ0) is 15.8. The van der Waals surface area contributed by atoms with Gasteiger partial charge < -0.3 is 10.6 Å². The molecule has 2 aromatic rings. The van der Waals surface area contributed by atoms with Crippen LogP contribution in [0.4, 0.5) is 0 Å². The maximum absolute atomic E-state index is 4.60. The largest absolute Gasteiger partial charge is 0.357 e. The molecule has 2 rings (SSSR count). The molecule has 0 saturated carbocycles. The van der Waals surface area contributed by atoms with E-state index >= 15 is 0 Å². The smallest absolute Gasteiger partial charge is 0.191 e. The van der Waals surface area contributed by atoms with Crippen LogP contribution in [0.5, 0.6) is 0 Å². The molecule has 0 radical (unpaired) electrons. The molecule has 0 fully saturated rings. The van der Waals surface area contributed by atoms with E-state index in [1.54, 1.807) is 6.33 Å². The first-order chi connectivity index (χ1) is 10.7. The summed E-state index contributed by atoms with van der Waals surface area (Å²) in [7, 11) is 0. The number of guanidine groups is 1. The van der Waals surface area contributed by atoms with Crippen molar-refractivity contribution in [1.82, 2.24) is 25.4 Å². The average molecular weight is 300 g/mol. The van der Waals surface area contributed by atoms with Crippen LogP contribution in [0.3, 0.4) is 0 Å². The highest BCUT2D eigenvalue weighted by Crippen LogP contribution is 2.09. The highest BCUT2D eigenvalue weighted by Gasteiger charge is 2.07. The molecule has 1 atom stereocenters. The first-order valence-corrected chi connectivity index (χ1v) is 7.73. The summed E-state index contributed by atoms with van der Waals surface area (Å²) in [4.78, 5) is 4.60. The van der Waals surface area contributed by atoms with E-state index in [4.69, 9.17) is 0 Å². The summed E-state index contributed by atoms with van der Waals surface area (Å²) in [5.74, 6) is 1.62. The molecule has 0 aliphatic carbocycles. The third-order valence-corrected chi connectivity index (χ3v) is 3.37. The van der Waals surface area contributed by atoms with Crippen molar-refractivity contribution in [3.63, 3.8) is 0 Å². The molecule has 0 aliphatic rings. The van der Waals surface area contributed by atoms with Crippen LogP contribution in [-0.4, -0.2) is 33.3 Å². The number of hydrogen-bond acceptors (Lipinski definition) is 3. The minimum Gasteiger partial charge on any atom is -0.357 e. The monoisotopic (exact) mass is 300 g/mol. The standard InChI is InChI=1S/C16H24N6/c1-4-13(3)20-16(17-5-2)18-11-15-21-19-12-22(15)14-9-7-6-8-10-14/h6-10,12-13H,4-5,11H2,1-3H3,(H2,17,18,20). The van der Waals surface area contributed by atoms with Crippen LogP contribution < -0.4 is 10.6 Å². The Kier molecular flexibility index (Phi) is 5.94. The van der Waals surface area contributed by atoms with E-state index in [-0.39, 0.29) is 0 Å². The molecule has 6 nitrogen and oxygen atoms in total. The fraction of sp³-hybridized carbons (Fsp3) is 0.438. The second-order valence-corrected chi connectivity index (χ2v) is 5.10. The summed E-state index contributed by atoms with van der Waals surface area (Å²) < 4.78 is 1.95. The molecule has 2 N–H and O–H groups in total. The maximum Gasteiger partial charge on any atom is 0.191 e. The maximum atomic E-state index is 4.60. The molecular formula is C16H24N6. The summed E-state index contributed by atoms with van der Waals surface area (Å²) in [6.07, 6.45) is 2.76. The molecule has 0 spiro atoms. The highest BCUT2D eigenvalue weighted by molar-refractivity contribution is 5.79. The molecule has 1 aromatic heterocycles. The topological polar surface area (TPSA) is 67.1 Å². The molecule has 1 heterocycles. The lowest BCUT2D eigenvalue weighted by Crippen LogP contribution is -2.42. The molecule has 1 aromatic carbocycles. The van der Waals surface area contributed by atoms with Crippen molar-refractivity contribution in [2.45, 2.75) is 39.8 Å². The number of nitrogens with zero attached hydrogens (tertiary/aromatic N) is 4. The van der Waals surface area contributed by atoms with Crippen molar-refractivity contribution in [1.29, 1.82) is 0 Å². The molecule has 118 valence electrons. The van der Waals surface area contributed by atoms with E-state index < -0.39 is 0 Å². The summed E-state index contributed by atoms with van der Waals surface area (Å²) >= 11 is 0. The summed E-state index contributed by atoms with van der Waals surface area (Å²) in [5, 5.41) is 14.8. The SMILES string of the molecule is CCNC(=NCc1nncn1-c1ccccc1)NC(C)CC. The second kappa shape index (κ2) is 8.17. The number of aromatic nitrogens is 3. The Labute approximate surface area is 131 Å². The zero-order valence-corrected chi connectivity index (χ0v) is 13.5. The van der Waals surface area contributed by atoms with Crippen molar-refractivity contribution in [2.24, 2.45) is 4.99 Å². The van der Waals surface area contributed by atoms with Crippen LogP contribution in [0.1, 0.15) is 33.0 Å². The summed E-state index contributed by atoms with van der Waals surface area (Å²) in [6.45, 7) is 7.64. The fourth-order valence-corrected chi connectivity index (χ4v) is 1.98. The Bertz CT molecular complexity index is 590. The van der Waals surface area contributed by atoms with Crippen LogP contribution in [0.25, 0.3) is 5.69 Å². The molecule has 1 unspecified atom stereocenters. The fourth-order valence-electron chi connectivity index (χ4n) is 1.98. The van der Waals surface area contributed by atoms with Gasteiger partial charge in [-0.3, -0.25) is 4.57 Å². The van der Waals surface area contributed by atoms with E-state index in [0.29, 0.717) is 12.6 Å². The number of aliphatic imine (C=N–C) groups is 1. The Morgan fingerprint density at radius 3 is 2.73 bits per heavy atom. The minimum atomic E-state index is 0.379. The van der Waals surface area contributed by atoms with Gasteiger partial charge in [0.05, 0.1) is 0 Å². The molecule has 22 heavy (non-hydrogen) atoms. The molecule has 0 saturated heterocycles. The highest BCUT2D eigenvalue weighted by atomic mass is 15.3. The van der Waals surface area contributed by atoms with E-state index in [1.807, 2.05) is 34.9 Å². The lowest BCUT2D eigenvalue weighted by atomic mass is 10.3. The zero-order valence-electron chi connectivity index (χ0n) is 13.5.